The van der Waals surface area contributed by atoms with Crippen molar-refractivity contribution in [3.8, 4) is 5.75 Å². The minimum atomic E-state index is -0.436. The Morgan fingerprint density at radius 3 is 2.47 bits per heavy atom. The van der Waals surface area contributed by atoms with Crippen LogP contribution in [0.3, 0.4) is 0 Å². The lowest BCUT2D eigenvalue weighted by atomic mass is 10.1. The summed E-state index contributed by atoms with van der Waals surface area (Å²) in [7, 11) is 0. The first-order valence-electron chi connectivity index (χ1n) is 5.30. The molecule has 2 aromatic rings. The Kier molecular flexibility index (Phi) is 3.10. The first kappa shape index (κ1) is 11.2. The molecule has 0 aromatic heterocycles. The van der Waals surface area contributed by atoms with E-state index in [1.165, 1.54) is 0 Å². The van der Waals surface area contributed by atoms with Gasteiger partial charge in [-0.2, -0.15) is 0 Å². The summed E-state index contributed by atoms with van der Waals surface area (Å²) in [6.45, 7) is 1.92. The van der Waals surface area contributed by atoms with Crippen LogP contribution in [0.5, 0.6) is 5.75 Å². The molecule has 0 bridgehead atoms. The van der Waals surface area contributed by atoms with Crippen LogP contribution < -0.4 is 10.5 Å². The molecule has 0 aliphatic rings. The molecule has 0 amide bonds. The van der Waals surface area contributed by atoms with Gasteiger partial charge in [-0.25, -0.2) is 4.79 Å². The Labute approximate surface area is 99.8 Å². The Balaban J connectivity index is 2.21. The molecule has 2 N–H and O–H groups in total. The number of anilines is 1. The summed E-state index contributed by atoms with van der Waals surface area (Å²) in [5.41, 5.74) is 7.61. The number of benzene rings is 2. The number of ether oxygens (including phenoxy) is 1. The highest BCUT2D eigenvalue weighted by molar-refractivity contribution is 5.96. The maximum absolute atomic E-state index is 11.8. The van der Waals surface area contributed by atoms with Crippen LogP contribution in [-0.4, -0.2) is 5.97 Å². The smallest absolute Gasteiger partial charge is 0.345 e. The Morgan fingerprint density at radius 2 is 1.82 bits per heavy atom. The van der Waals surface area contributed by atoms with Crippen LogP contribution in [0, 0.1) is 6.92 Å². The van der Waals surface area contributed by atoms with Gasteiger partial charge in [0.2, 0.25) is 0 Å². The van der Waals surface area contributed by atoms with Crippen molar-refractivity contribution in [3.63, 3.8) is 0 Å². The molecule has 0 aliphatic carbocycles. The fraction of sp³-hybridized carbons (Fsp3) is 0.0714. The number of aryl methyl sites for hydroxylation is 1. The zero-order valence-corrected chi connectivity index (χ0v) is 9.51. The van der Waals surface area contributed by atoms with E-state index in [9.17, 15) is 4.79 Å². The van der Waals surface area contributed by atoms with Gasteiger partial charge in [0.05, 0.1) is 5.56 Å². The van der Waals surface area contributed by atoms with E-state index in [4.69, 9.17) is 10.5 Å². The van der Waals surface area contributed by atoms with Gasteiger partial charge in [-0.05, 0) is 36.8 Å². The molecule has 3 nitrogen and oxygen atoms in total. The van der Waals surface area contributed by atoms with E-state index in [1.807, 2.05) is 19.1 Å². The van der Waals surface area contributed by atoms with Crippen LogP contribution in [-0.2, 0) is 0 Å². The van der Waals surface area contributed by atoms with Crippen molar-refractivity contribution in [1.29, 1.82) is 0 Å². The lowest BCUT2D eigenvalue weighted by Gasteiger charge is -2.06. The molecule has 0 radical (unpaired) electrons. The lowest BCUT2D eigenvalue weighted by molar-refractivity contribution is 0.0736. The number of para-hydroxylation sites is 1. The van der Waals surface area contributed by atoms with Gasteiger partial charge in [0.15, 0.2) is 0 Å². The van der Waals surface area contributed by atoms with E-state index in [1.54, 1.807) is 36.4 Å². The maximum Gasteiger partial charge on any atom is 0.345 e. The average Bonchev–Trinajstić information content (AvgIpc) is 2.30. The van der Waals surface area contributed by atoms with E-state index in [0.29, 0.717) is 17.0 Å². The SMILES string of the molecule is Cc1ccc(C(=O)Oc2ccccc2)c(N)c1. The van der Waals surface area contributed by atoms with E-state index in [-0.39, 0.29) is 0 Å². The van der Waals surface area contributed by atoms with Crippen molar-refractivity contribution >= 4 is 11.7 Å². The molecule has 2 aromatic carbocycles. The average molecular weight is 227 g/mol. The second kappa shape index (κ2) is 4.70. The summed E-state index contributed by atoms with van der Waals surface area (Å²) in [6, 6.07) is 14.2. The Bertz CT molecular complexity index is 535. The van der Waals surface area contributed by atoms with Crippen molar-refractivity contribution in [2.75, 3.05) is 5.73 Å². The summed E-state index contributed by atoms with van der Waals surface area (Å²) >= 11 is 0. The monoisotopic (exact) mass is 227 g/mol. The van der Waals surface area contributed by atoms with E-state index in [2.05, 4.69) is 0 Å². The molecular weight excluding hydrogens is 214 g/mol. The topological polar surface area (TPSA) is 52.3 Å². The molecule has 0 saturated heterocycles. The standard InChI is InChI=1S/C14H13NO2/c1-10-7-8-12(13(15)9-10)14(16)17-11-5-3-2-4-6-11/h2-9H,15H2,1H3. The van der Waals surface area contributed by atoms with Crippen molar-refractivity contribution in [2.45, 2.75) is 6.92 Å². The van der Waals surface area contributed by atoms with Gasteiger partial charge in [-0.3, -0.25) is 0 Å². The number of hydrogen-bond donors (Lipinski definition) is 1. The Morgan fingerprint density at radius 1 is 1.12 bits per heavy atom. The molecule has 0 aliphatic heterocycles. The summed E-state index contributed by atoms with van der Waals surface area (Å²) in [6.07, 6.45) is 0. The van der Waals surface area contributed by atoms with E-state index < -0.39 is 5.97 Å². The largest absolute Gasteiger partial charge is 0.423 e. The predicted molar refractivity (Wildman–Crippen MR) is 67.0 cm³/mol. The summed E-state index contributed by atoms with van der Waals surface area (Å²) < 4.78 is 5.20. The number of carbonyl (C=O) groups is 1. The summed E-state index contributed by atoms with van der Waals surface area (Å²) in [4.78, 5) is 11.8. The fourth-order valence-corrected chi connectivity index (χ4v) is 1.52. The van der Waals surface area contributed by atoms with Crippen molar-refractivity contribution in [3.05, 3.63) is 59.7 Å². The third kappa shape index (κ3) is 2.64. The highest BCUT2D eigenvalue weighted by Crippen LogP contribution is 2.17. The normalized spacial score (nSPS) is 9.94. The highest BCUT2D eigenvalue weighted by Gasteiger charge is 2.11. The van der Waals surface area contributed by atoms with Crippen LogP contribution in [0.4, 0.5) is 5.69 Å². The highest BCUT2D eigenvalue weighted by atomic mass is 16.5. The van der Waals surface area contributed by atoms with Gasteiger partial charge >= 0.3 is 5.97 Å². The molecular formula is C14H13NO2. The second-order valence-electron chi connectivity index (χ2n) is 3.79. The minimum absolute atomic E-state index is 0.388. The van der Waals surface area contributed by atoms with Crippen LogP contribution >= 0.6 is 0 Å². The number of nitrogen functional groups attached to an aromatic ring is 1. The number of esters is 1. The number of rotatable bonds is 2. The Hall–Kier alpha value is -2.29. The maximum atomic E-state index is 11.8. The first-order chi connectivity index (χ1) is 8.16. The van der Waals surface area contributed by atoms with Gasteiger partial charge < -0.3 is 10.5 Å². The molecule has 17 heavy (non-hydrogen) atoms. The predicted octanol–water partition coefficient (Wildman–Crippen LogP) is 2.80. The van der Waals surface area contributed by atoms with Crippen LogP contribution in [0.1, 0.15) is 15.9 Å². The van der Waals surface area contributed by atoms with Crippen molar-refractivity contribution in [2.24, 2.45) is 0 Å². The molecule has 2 rings (SSSR count). The number of hydrogen-bond acceptors (Lipinski definition) is 3. The second-order valence-corrected chi connectivity index (χ2v) is 3.79. The molecule has 0 atom stereocenters. The number of carbonyl (C=O) groups excluding carboxylic acids is 1. The molecule has 0 heterocycles. The molecule has 0 saturated carbocycles. The van der Waals surface area contributed by atoms with Gasteiger partial charge in [0, 0.05) is 5.69 Å². The van der Waals surface area contributed by atoms with Crippen LogP contribution in [0.15, 0.2) is 48.5 Å². The summed E-state index contributed by atoms with van der Waals surface area (Å²) in [5, 5.41) is 0. The van der Waals surface area contributed by atoms with Crippen molar-refractivity contribution in [1.82, 2.24) is 0 Å². The first-order valence-corrected chi connectivity index (χ1v) is 5.30. The fourth-order valence-electron chi connectivity index (χ4n) is 1.52. The third-order valence-electron chi connectivity index (χ3n) is 2.38. The summed E-state index contributed by atoms with van der Waals surface area (Å²) in [5.74, 6) is 0.0752. The molecule has 0 fully saturated rings. The van der Waals surface area contributed by atoms with Gasteiger partial charge in [-0.1, -0.05) is 24.3 Å². The van der Waals surface area contributed by atoms with Crippen LogP contribution in [0.25, 0.3) is 0 Å². The third-order valence-corrected chi connectivity index (χ3v) is 2.38. The van der Waals surface area contributed by atoms with Gasteiger partial charge in [-0.15, -0.1) is 0 Å². The van der Waals surface area contributed by atoms with E-state index in [0.717, 1.165) is 5.56 Å². The van der Waals surface area contributed by atoms with E-state index >= 15 is 0 Å². The molecule has 3 heteroatoms. The number of nitrogens with two attached hydrogens (primary N) is 1. The van der Waals surface area contributed by atoms with Crippen LogP contribution in [0.2, 0.25) is 0 Å². The quantitative estimate of drug-likeness (QED) is 0.487. The zero-order valence-electron chi connectivity index (χ0n) is 9.51. The molecule has 0 spiro atoms. The minimum Gasteiger partial charge on any atom is -0.423 e. The van der Waals surface area contributed by atoms with Gasteiger partial charge in [0.1, 0.15) is 5.75 Å². The van der Waals surface area contributed by atoms with Gasteiger partial charge in [0.25, 0.3) is 0 Å². The zero-order chi connectivity index (χ0) is 12.3. The molecule has 0 unspecified atom stereocenters. The van der Waals surface area contributed by atoms with Crippen molar-refractivity contribution < 1.29 is 9.53 Å². The lowest BCUT2D eigenvalue weighted by Crippen LogP contribution is -2.11. The molecule has 86 valence electrons.